The summed E-state index contributed by atoms with van der Waals surface area (Å²) in [5.41, 5.74) is 1.14. The second-order valence-electron chi connectivity index (χ2n) is 5.21. The molecule has 0 aromatic carbocycles. The quantitative estimate of drug-likeness (QED) is 0.640. The highest BCUT2D eigenvalue weighted by molar-refractivity contribution is 7.81. The first-order chi connectivity index (χ1) is 6.31. The van der Waals surface area contributed by atoms with Crippen molar-refractivity contribution in [2.75, 3.05) is 6.61 Å². The fourth-order valence-electron chi connectivity index (χ4n) is 1.69. The summed E-state index contributed by atoms with van der Waals surface area (Å²) in [6.45, 7) is 8.94. The molecule has 0 aromatic heterocycles. The van der Waals surface area contributed by atoms with E-state index < -0.39 is 0 Å². The van der Waals surface area contributed by atoms with Gasteiger partial charge in [0.2, 0.25) is 0 Å². The van der Waals surface area contributed by atoms with Gasteiger partial charge < -0.3 is 5.11 Å². The first-order valence-corrected chi connectivity index (χ1v) is 5.52. The van der Waals surface area contributed by atoms with E-state index in [1.807, 2.05) is 6.08 Å². The van der Waals surface area contributed by atoms with Crippen molar-refractivity contribution in [2.24, 2.45) is 10.8 Å². The third-order valence-corrected chi connectivity index (χ3v) is 4.10. The zero-order valence-corrected chi connectivity index (χ0v) is 10.3. The Labute approximate surface area is 92.3 Å². The van der Waals surface area contributed by atoms with E-state index in [0.29, 0.717) is 0 Å². The van der Waals surface area contributed by atoms with Gasteiger partial charge in [0.1, 0.15) is 0 Å². The van der Waals surface area contributed by atoms with Gasteiger partial charge in [-0.15, -0.1) is 0 Å². The van der Waals surface area contributed by atoms with E-state index in [9.17, 15) is 0 Å². The highest BCUT2D eigenvalue weighted by Gasteiger charge is 2.41. The van der Waals surface area contributed by atoms with Crippen LogP contribution in [0.25, 0.3) is 0 Å². The van der Waals surface area contributed by atoms with Crippen LogP contribution in [0.3, 0.4) is 0 Å². The molecule has 0 heterocycles. The Balaban J connectivity index is 3.09. The first kappa shape index (κ1) is 11.9. The van der Waals surface area contributed by atoms with Gasteiger partial charge in [0.25, 0.3) is 0 Å². The molecule has 0 saturated carbocycles. The Morgan fingerprint density at radius 1 is 1.50 bits per heavy atom. The maximum Gasteiger partial charge on any atom is 0.0678 e. The van der Waals surface area contributed by atoms with E-state index >= 15 is 0 Å². The lowest BCUT2D eigenvalue weighted by Gasteiger charge is -2.45. The normalized spacial score (nSPS) is 33.0. The van der Waals surface area contributed by atoms with Crippen LogP contribution in [0.4, 0.5) is 0 Å². The third-order valence-electron chi connectivity index (χ3n) is 3.39. The molecule has 0 saturated heterocycles. The predicted molar refractivity (Wildman–Crippen MR) is 64.6 cm³/mol. The zero-order valence-electron chi connectivity index (χ0n) is 9.41. The summed E-state index contributed by atoms with van der Waals surface area (Å²) in [7, 11) is 0. The van der Waals surface area contributed by atoms with E-state index in [-0.39, 0.29) is 22.7 Å². The van der Waals surface area contributed by atoms with Crippen LogP contribution in [-0.2, 0) is 0 Å². The summed E-state index contributed by atoms with van der Waals surface area (Å²) in [4.78, 5) is 0. The van der Waals surface area contributed by atoms with Gasteiger partial charge >= 0.3 is 0 Å². The van der Waals surface area contributed by atoms with Crippen molar-refractivity contribution in [3.8, 4) is 0 Å². The minimum Gasteiger partial charge on any atom is -0.392 e. The van der Waals surface area contributed by atoms with Crippen molar-refractivity contribution in [3.05, 3.63) is 23.8 Å². The minimum atomic E-state index is 0.00290. The van der Waals surface area contributed by atoms with E-state index in [1.54, 1.807) is 0 Å². The van der Waals surface area contributed by atoms with Crippen molar-refractivity contribution < 1.29 is 5.11 Å². The average Bonchev–Trinajstić information content (AvgIpc) is 2.08. The lowest BCUT2D eigenvalue weighted by molar-refractivity contribution is 0.174. The molecule has 0 aromatic rings. The van der Waals surface area contributed by atoms with Crippen LogP contribution in [0.5, 0.6) is 0 Å². The van der Waals surface area contributed by atoms with Gasteiger partial charge in [0.05, 0.1) is 6.61 Å². The Hall–Kier alpha value is -0.210. The van der Waals surface area contributed by atoms with E-state index in [4.69, 9.17) is 5.11 Å². The molecule has 1 aliphatic rings. The molecule has 2 heteroatoms. The Bertz CT molecular complexity index is 273. The van der Waals surface area contributed by atoms with Gasteiger partial charge in [0.15, 0.2) is 0 Å². The average molecular weight is 212 g/mol. The molecule has 1 rings (SSSR count). The number of aliphatic hydroxyl groups excluding tert-OH is 1. The highest BCUT2D eigenvalue weighted by Crippen LogP contribution is 2.47. The van der Waals surface area contributed by atoms with Gasteiger partial charge in [0, 0.05) is 10.7 Å². The molecule has 0 radical (unpaired) electrons. The Kier molecular flexibility index (Phi) is 3.17. The number of thiol groups is 1. The van der Waals surface area contributed by atoms with Crippen LogP contribution >= 0.6 is 12.6 Å². The first-order valence-electron chi connectivity index (χ1n) is 5.00. The second-order valence-corrected chi connectivity index (χ2v) is 5.77. The predicted octanol–water partition coefficient (Wildman–Crippen LogP) is 2.83. The highest BCUT2D eigenvalue weighted by atomic mass is 32.1. The van der Waals surface area contributed by atoms with Crippen molar-refractivity contribution in [3.63, 3.8) is 0 Å². The molecule has 1 nitrogen and oxygen atoms in total. The standard InChI is InChI=1S/C12H20OS/c1-11(2,3)12(4)7-9(8-13)5-6-10(12)14/h5-7,10,13-14H,8H2,1-4H3. The van der Waals surface area contributed by atoms with E-state index in [1.165, 1.54) is 0 Å². The van der Waals surface area contributed by atoms with Gasteiger partial charge in [-0.2, -0.15) is 12.6 Å². The molecule has 0 amide bonds. The summed E-state index contributed by atoms with van der Waals surface area (Å²) in [6, 6.07) is 0. The smallest absolute Gasteiger partial charge is 0.0678 e. The van der Waals surface area contributed by atoms with Crippen LogP contribution in [0.1, 0.15) is 27.7 Å². The molecule has 0 bridgehead atoms. The minimum absolute atomic E-state index is 0.00290. The molecule has 14 heavy (non-hydrogen) atoms. The fourth-order valence-corrected chi connectivity index (χ4v) is 2.24. The second kappa shape index (κ2) is 3.74. The maximum atomic E-state index is 9.13. The van der Waals surface area contributed by atoms with Gasteiger partial charge in [-0.3, -0.25) is 0 Å². The summed E-state index contributed by atoms with van der Waals surface area (Å²) >= 11 is 4.60. The van der Waals surface area contributed by atoms with Crippen LogP contribution < -0.4 is 0 Å². The summed E-state index contributed by atoms with van der Waals surface area (Å²) in [6.07, 6.45) is 6.19. The summed E-state index contributed by atoms with van der Waals surface area (Å²) in [5.74, 6) is 0. The maximum absolute atomic E-state index is 9.13. The van der Waals surface area contributed by atoms with Crippen molar-refractivity contribution >= 4 is 12.6 Å². The number of allylic oxidation sites excluding steroid dienone is 1. The molecular formula is C12H20OS. The van der Waals surface area contributed by atoms with Gasteiger partial charge in [-0.25, -0.2) is 0 Å². The zero-order chi connectivity index (χ0) is 11.0. The van der Waals surface area contributed by atoms with Crippen LogP contribution in [0.15, 0.2) is 23.8 Å². The molecule has 0 fully saturated rings. The molecule has 0 aliphatic heterocycles. The molecule has 1 N–H and O–H groups in total. The molecule has 2 atom stereocenters. The summed E-state index contributed by atoms with van der Waals surface area (Å²) < 4.78 is 0. The SMILES string of the molecule is CC(C)(C)C1(C)C=C(CO)C=CC1S. The van der Waals surface area contributed by atoms with Crippen LogP contribution in [0.2, 0.25) is 0 Å². The number of aliphatic hydroxyl groups is 1. The number of rotatable bonds is 1. The third kappa shape index (κ3) is 1.91. The molecule has 80 valence electrons. The fraction of sp³-hybridized carbons (Fsp3) is 0.667. The molecule has 2 unspecified atom stereocenters. The van der Waals surface area contributed by atoms with E-state index in [0.717, 1.165) is 5.57 Å². The lowest BCUT2D eigenvalue weighted by Crippen LogP contribution is -2.40. The number of hydrogen-bond donors (Lipinski definition) is 2. The number of hydrogen-bond acceptors (Lipinski definition) is 2. The van der Waals surface area contributed by atoms with Gasteiger partial charge in [-0.1, -0.05) is 45.9 Å². The molecule has 0 spiro atoms. The Morgan fingerprint density at radius 3 is 2.50 bits per heavy atom. The molecular weight excluding hydrogens is 192 g/mol. The molecule has 1 aliphatic carbocycles. The van der Waals surface area contributed by atoms with Crippen LogP contribution in [0, 0.1) is 10.8 Å². The van der Waals surface area contributed by atoms with E-state index in [2.05, 4.69) is 52.5 Å². The topological polar surface area (TPSA) is 20.2 Å². The lowest BCUT2D eigenvalue weighted by atomic mass is 9.63. The Morgan fingerprint density at radius 2 is 2.07 bits per heavy atom. The van der Waals surface area contributed by atoms with Crippen molar-refractivity contribution in [1.82, 2.24) is 0 Å². The van der Waals surface area contributed by atoms with Crippen LogP contribution in [-0.4, -0.2) is 17.0 Å². The summed E-state index contributed by atoms with van der Waals surface area (Å²) in [5, 5.41) is 9.35. The van der Waals surface area contributed by atoms with Crippen molar-refractivity contribution in [2.45, 2.75) is 32.9 Å². The van der Waals surface area contributed by atoms with Gasteiger partial charge in [-0.05, 0) is 11.0 Å². The van der Waals surface area contributed by atoms with Crippen molar-refractivity contribution in [1.29, 1.82) is 0 Å². The monoisotopic (exact) mass is 212 g/mol. The largest absolute Gasteiger partial charge is 0.392 e.